The van der Waals surface area contributed by atoms with Crippen LogP contribution in [0.2, 0.25) is 5.02 Å². The van der Waals surface area contributed by atoms with E-state index in [4.69, 9.17) is 11.6 Å². The summed E-state index contributed by atoms with van der Waals surface area (Å²) in [5, 5.41) is 3.64. The average Bonchev–Trinajstić information content (AvgIpc) is 2.71. The summed E-state index contributed by atoms with van der Waals surface area (Å²) in [4.78, 5) is 28.2. The molecule has 0 saturated carbocycles. The van der Waals surface area contributed by atoms with Gasteiger partial charge in [-0.3, -0.25) is 9.59 Å². The van der Waals surface area contributed by atoms with Gasteiger partial charge in [0.15, 0.2) is 0 Å². The van der Waals surface area contributed by atoms with Crippen LogP contribution in [-0.2, 0) is 16.1 Å². The molecule has 0 fully saturated rings. The Kier molecular flexibility index (Phi) is 8.87. The minimum Gasteiger partial charge on any atom is -0.352 e. The molecule has 1 N–H and O–H groups in total. The summed E-state index contributed by atoms with van der Waals surface area (Å²) in [6.45, 7) is 6.16. The van der Waals surface area contributed by atoms with Crippen molar-refractivity contribution in [1.82, 2.24) is 10.2 Å². The standard InChI is InChI=1S/C22H27ClN2O2S/c1-4-16(2)24-22(27)17(3)25(14-18-8-6-5-7-9-18)21(26)15-28-20-12-10-19(23)11-13-20/h5-13,16-17H,4,14-15H2,1-3H3,(H,24,27). The van der Waals surface area contributed by atoms with Crippen molar-refractivity contribution < 1.29 is 9.59 Å². The van der Waals surface area contributed by atoms with Gasteiger partial charge in [-0.05, 0) is 50.1 Å². The van der Waals surface area contributed by atoms with Crippen molar-refractivity contribution in [2.75, 3.05) is 5.75 Å². The lowest BCUT2D eigenvalue weighted by molar-refractivity contribution is -0.138. The molecule has 0 aliphatic carbocycles. The summed E-state index contributed by atoms with van der Waals surface area (Å²) >= 11 is 7.36. The third-order valence-corrected chi connectivity index (χ3v) is 5.79. The second-order valence-corrected chi connectivity index (χ2v) is 8.23. The lowest BCUT2D eigenvalue weighted by atomic mass is 10.1. The number of carbonyl (C=O) groups is 2. The fraction of sp³-hybridized carbons (Fsp3) is 0.364. The highest BCUT2D eigenvalue weighted by Gasteiger charge is 2.26. The summed E-state index contributed by atoms with van der Waals surface area (Å²) in [5.41, 5.74) is 0.996. The molecule has 0 aliphatic heterocycles. The first-order valence-electron chi connectivity index (χ1n) is 9.42. The van der Waals surface area contributed by atoms with Gasteiger partial charge in [0, 0.05) is 22.5 Å². The van der Waals surface area contributed by atoms with Crippen molar-refractivity contribution in [2.45, 2.75) is 50.7 Å². The van der Waals surface area contributed by atoms with Gasteiger partial charge in [-0.15, -0.1) is 11.8 Å². The summed E-state index contributed by atoms with van der Waals surface area (Å²) in [7, 11) is 0. The van der Waals surface area contributed by atoms with Gasteiger partial charge in [0.2, 0.25) is 11.8 Å². The molecule has 0 spiro atoms. The van der Waals surface area contributed by atoms with E-state index in [1.807, 2.05) is 56.3 Å². The van der Waals surface area contributed by atoms with Crippen LogP contribution in [0.1, 0.15) is 32.8 Å². The Morgan fingerprint density at radius 1 is 1.07 bits per heavy atom. The van der Waals surface area contributed by atoms with Crippen LogP contribution < -0.4 is 5.32 Å². The van der Waals surface area contributed by atoms with E-state index < -0.39 is 6.04 Å². The Hall–Kier alpha value is -1.98. The molecular formula is C22H27ClN2O2S. The maximum atomic E-state index is 13.0. The van der Waals surface area contributed by atoms with Gasteiger partial charge in [-0.2, -0.15) is 0 Å². The number of nitrogens with one attached hydrogen (secondary N) is 1. The molecule has 2 aromatic rings. The number of hydrogen-bond donors (Lipinski definition) is 1. The topological polar surface area (TPSA) is 49.4 Å². The van der Waals surface area contributed by atoms with Crippen molar-refractivity contribution in [2.24, 2.45) is 0 Å². The van der Waals surface area contributed by atoms with E-state index in [0.717, 1.165) is 16.9 Å². The first kappa shape index (κ1) is 22.3. The Balaban J connectivity index is 2.10. The van der Waals surface area contributed by atoms with E-state index in [0.29, 0.717) is 11.6 Å². The zero-order chi connectivity index (χ0) is 20.5. The number of amides is 2. The van der Waals surface area contributed by atoms with Crippen LogP contribution in [0.5, 0.6) is 0 Å². The van der Waals surface area contributed by atoms with E-state index in [2.05, 4.69) is 5.32 Å². The number of benzene rings is 2. The zero-order valence-corrected chi connectivity index (χ0v) is 18.1. The highest BCUT2D eigenvalue weighted by molar-refractivity contribution is 8.00. The molecule has 0 heterocycles. The molecule has 0 aliphatic rings. The average molecular weight is 419 g/mol. The van der Waals surface area contributed by atoms with E-state index in [1.54, 1.807) is 24.0 Å². The Morgan fingerprint density at radius 3 is 2.32 bits per heavy atom. The van der Waals surface area contributed by atoms with Crippen LogP contribution in [0.15, 0.2) is 59.5 Å². The molecule has 6 heteroatoms. The maximum absolute atomic E-state index is 13.0. The summed E-state index contributed by atoms with van der Waals surface area (Å²) in [5.74, 6) is 0.0563. The smallest absolute Gasteiger partial charge is 0.242 e. The Labute approximate surface area is 176 Å². The molecule has 0 radical (unpaired) electrons. The summed E-state index contributed by atoms with van der Waals surface area (Å²) < 4.78 is 0. The minimum absolute atomic E-state index is 0.0735. The number of rotatable bonds is 9. The van der Waals surface area contributed by atoms with Crippen molar-refractivity contribution in [3.63, 3.8) is 0 Å². The summed E-state index contributed by atoms with van der Waals surface area (Å²) in [6.07, 6.45) is 0.845. The van der Waals surface area contributed by atoms with Crippen molar-refractivity contribution in [3.05, 3.63) is 65.2 Å². The molecule has 0 aromatic heterocycles. The van der Waals surface area contributed by atoms with Crippen LogP contribution in [0.3, 0.4) is 0 Å². The number of carbonyl (C=O) groups excluding carboxylic acids is 2. The normalized spacial score (nSPS) is 12.9. The van der Waals surface area contributed by atoms with Gasteiger partial charge >= 0.3 is 0 Å². The van der Waals surface area contributed by atoms with Gasteiger partial charge in [0.25, 0.3) is 0 Å². The monoisotopic (exact) mass is 418 g/mol. The third-order valence-electron chi connectivity index (χ3n) is 4.54. The number of nitrogens with zero attached hydrogens (tertiary/aromatic N) is 1. The van der Waals surface area contributed by atoms with Gasteiger partial charge in [-0.25, -0.2) is 0 Å². The Morgan fingerprint density at radius 2 is 1.71 bits per heavy atom. The number of hydrogen-bond acceptors (Lipinski definition) is 3. The van der Waals surface area contributed by atoms with Crippen LogP contribution in [0.25, 0.3) is 0 Å². The Bertz CT molecular complexity index is 768. The maximum Gasteiger partial charge on any atom is 0.242 e. The molecule has 2 amide bonds. The van der Waals surface area contributed by atoms with Crippen LogP contribution in [-0.4, -0.2) is 34.6 Å². The van der Waals surface area contributed by atoms with Gasteiger partial charge in [0.05, 0.1) is 5.75 Å². The zero-order valence-electron chi connectivity index (χ0n) is 16.5. The SMILES string of the molecule is CCC(C)NC(=O)C(C)N(Cc1ccccc1)C(=O)CSc1ccc(Cl)cc1. The van der Waals surface area contributed by atoms with Gasteiger partial charge < -0.3 is 10.2 Å². The van der Waals surface area contributed by atoms with Crippen LogP contribution in [0, 0.1) is 0 Å². The first-order chi connectivity index (χ1) is 13.4. The van der Waals surface area contributed by atoms with Crippen molar-refractivity contribution in [3.8, 4) is 0 Å². The third kappa shape index (κ3) is 6.88. The molecular weight excluding hydrogens is 392 g/mol. The second kappa shape index (κ2) is 11.1. The van der Waals surface area contributed by atoms with E-state index in [9.17, 15) is 9.59 Å². The van der Waals surface area contributed by atoms with Gasteiger partial charge in [0.1, 0.15) is 6.04 Å². The number of thioether (sulfide) groups is 1. The minimum atomic E-state index is -0.549. The second-order valence-electron chi connectivity index (χ2n) is 6.74. The van der Waals surface area contributed by atoms with Crippen molar-refractivity contribution in [1.29, 1.82) is 0 Å². The van der Waals surface area contributed by atoms with Crippen LogP contribution in [0.4, 0.5) is 0 Å². The highest BCUT2D eigenvalue weighted by atomic mass is 35.5. The van der Waals surface area contributed by atoms with E-state index in [-0.39, 0.29) is 23.6 Å². The molecule has 150 valence electrons. The van der Waals surface area contributed by atoms with E-state index >= 15 is 0 Å². The predicted octanol–water partition coefficient (Wildman–Crippen LogP) is 4.76. The molecule has 2 atom stereocenters. The van der Waals surface area contributed by atoms with E-state index in [1.165, 1.54) is 11.8 Å². The van der Waals surface area contributed by atoms with Crippen LogP contribution >= 0.6 is 23.4 Å². The molecule has 2 unspecified atom stereocenters. The van der Waals surface area contributed by atoms with Gasteiger partial charge in [-0.1, -0.05) is 48.9 Å². The molecule has 0 bridgehead atoms. The fourth-order valence-corrected chi connectivity index (χ4v) is 3.50. The molecule has 2 aromatic carbocycles. The molecule has 4 nitrogen and oxygen atoms in total. The fourth-order valence-electron chi connectivity index (χ4n) is 2.59. The summed E-state index contributed by atoms with van der Waals surface area (Å²) in [6, 6.07) is 16.6. The number of halogens is 1. The highest BCUT2D eigenvalue weighted by Crippen LogP contribution is 2.21. The lowest BCUT2D eigenvalue weighted by Crippen LogP contribution is -2.50. The quantitative estimate of drug-likeness (QED) is 0.597. The largest absolute Gasteiger partial charge is 0.352 e. The first-order valence-corrected chi connectivity index (χ1v) is 10.8. The molecule has 28 heavy (non-hydrogen) atoms. The lowest BCUT2D eigenvalue weighted by Gasteiger charge is -2.29. The predicted molar refractivity (Wildman–Crippen MR) is 117 cm³/mol. The molecule has 0 saturated heterocycles. The molecule has 2 rings (SSSR count). The van der Waals surface area contributed by atoms with Crippen molar-refractivity contribution >= 4 is 35.2 Å².